The number of sulfonamides is 1. The van der Waals surface area contributed by atoms with Crippen molar-refractivity contribution in [1.82, 2.24) is 18.8 Å². The minimum Gasteiger partial charge on any atom is -0.356 e. The van der Waals surface area contributed by atoms with Crippen LogP contribution < -0.4 is 0 Å². The molecule has 0 aromatic carbocycles. The molecule has 0 unspecified atom stereocenters. The van der Waals surface area contributed by atoms with E-state index in [4.69, 9.17) is 23.2 Å². The fourth-order valence-corrected chi connectivity index (χ4v) is 4.44. The van der Waals surface area contributed by atoms with Crippen LogP contribution in [-0.4, -0.2) is 59.3 Å². The first-order chi connectivity index (χ1) is 11.8. The number of piperazine rings is 1. The molecule has 1 saturated heterocycles. The second-order valence-corrected chi connectivity index (χ2v) is 8.41. The fraction of sp³-hybridized carbons (Fsp3) is 0.333. The molecule has 10 heteroatoms. The molecule has 7 nitrogen and oxygen atoms in total. The number of rotatable bonds is 3. The highest BCUT2D eigenvalue weighted by Crippen LogP contribution is 2.21. The van der Waals surface area contributed by atoms with Gasteiger partial charge in [0.1, 0.15) is 10.8 Å². The lowest BCUT2D eigenvalue weighted by Crippen LogP contribution is -2.50. The zero-order valence-electron chi connectivity index (χ0n) is 13.4. The summed E-state index contributed by atoms with van der Waals surface area (Å²) in [6, 6.07) is 4.58. The van der Waals surface area contributed by atoms with Crippen molar-refractivity contribution in [2.24, 2.45) is 7.05 Å². The van der Waals surface area contributed by atoms with Crippen molar-refractivity contribution in [3.05, 3.63) is 46.5 Å². The second-order valence-electron chi connectivity index (χ2n) is 5.67. The molecule has 0 aliphatic carbocycles. The molecule has 3 rings (SSSR count). The van der Waals surface area contributed by atoms with Crippen LogP contribution in [0.5, 0.6) is 0 Å². The molecule has 0 radical (unpaired) electrons. The van der Waals surface area contributed by atoms with Gasteiger partial charge in [-0.1, -0.05) is 23.2 Å². The van der Waals surface area contributed by atoms with Gasteiger partial charge in [0, 0.05) is 45.6 Å². The maximum absolute atomic E-state index is 12.6. The Morgan fingerprint density at radius 3 is 2.40 bits per heavy atom. The molecule has 1 fully saturated rings. The summed E-state index contributed by atoms with van der Waals surface area (Å²) in [6.45, 7) is 0.938. The van der Waals surface area contributed by atoms with Gasteiger partial charge in [-0.2, -0.15) is 4.31 Å². The molecule has 1 aliphatic heterocycles. The van der Waals surface area contributed by atoms with Crippen LogP contribution in [0.4, 0.5) is 0 Å². The quantitative estimate of drug-likeness (QED) is 0.734. The van der Waals surface area contributed by atoms with E-state index in [0.717, 1.165) is 0 Å². The molecule has 0 atom stereocenters. The Bertz CT molecular complexity index is 905. The van der Waals surface area contributed by atoms with E-state index in [-0.39, 0.29) is 52.9 Å². The SMILES string of the molecule is Cn1ccc(S(=O)(=O)N2CCN(C(=O)c3nc(Cl)ccc3Cl)CC2)c1. The summed E-state index contributed by atoms with van der Waals surface area (Å²) in [4.78, 5) is 18.3. The molecule has 0 saturated carbocycles. The third-order valence-corrected chi connectivity index (χ3v) is 6.38. The van der Waals surface area contributed by atoms with Gasteiger partial charge in [-0.25, -0.2) is 13.4 Å². The van der Waals surface area contributed by atoms with E-state index in [1.807, 2.05) is 0 Å². The van der Waals surface area contributed by atoms with Crippen molar-refractivity contribution >= 4 is 39.1 Å². The first-order valence-electron chi connectivity index (χ1n) is 7.52. The number of amides is 1. The number of hydrogen-bond donors (Lipinski definition) is 0. The number of carbonyl (C=O) groups is 1. The monoisotopic (exact) mass is 402 g/mol. The van der Waals surface area contributed by atoms with Crippen LogP contribution in [0, 0.1) is 0 Å². The van der Waals surface area contributed by atoms with Gasteiger partial charge < -0.3 is 9.47 Å². The lowest BCUT2D eigenvalue weighted by molar-refractivity contribution is 0.0692. The van der Waals surface area contributed by atoms with Crippen LogP contribution in [-0.2, 0) is 17.1 Å². The Morgan fingerprint density at radius 2 is 1.80 bits per heavy atom. The highest BCUT2D eigenvalue weighted by atomic mass is 35.5. The van der Waals surface area contributed by atoms with E-state index in [1.54, 1.807) is 30.1 Å². The molecule has 134 valence electrons. The number of aryl methyl sites for hydroxylation is 1. The average molecular weight is 403 g/mol. The van der Waals surface area contributed by atoms with Gasteiger partial charge in [0.2, 0.25) is 10.0 Å². The van der Waals surface area contributed by atoms with E-state index >= 15 is 0 Å². The van der Waals surface area contributed by atoms with Crippen molar-refractivity contribution in [2.45, 2.75) is 4.90 Å². The van der Waals surface area contributed by atoms with Crippen molar-refractivity contribution in [2.75, 3.05) is 26.2 Å². The zero-order chi connectivity index (χ0) is 18.2. The van der Waals surface area contributed by atoms with E-state index in [9.17, 15) is 13.2 Å². The van der Waals surface area contributed by atoms with Gasteiger partial charge in [0.05, 0.1) is 9.92 Å². The van der Waals surface area contributed by atoms with Gasteiger partial charge in [0.15, 0.2) is 0 Å². The van der Waals surface area contributed by atoms with Crippen LogP contribution in [0.15, 0.2) is 35.5 Å². The average Bonchev–Trinajstić information content (AvgIpc) is 3.04. The first-order valence-corrected chi connectivity index (χ1v) is 9.72. The van der Waals surface area contributed by atoms with Gasteiger partial charge >= 0.3 is 0 Å². The van der Waals surface area contributed by atoms with Gasteiger partial charge in [-0.05, 0) is 18.2 Å². The van der Waals surface area contributed by atoms with Crippen LogP contribution in [0.2, 0.25) is 10.2 Å². The highest BCUT2D eigenvalue weighted by molar-refractivity contribution is 7.89. The van der Waals surface area contributed by atoms with Crippen LogP contribution in [0.3, 0.4) is 0 Å². The molecular formula is C15H16Cl2N4O3S. The van der Waals surface area contributed by atoms with Crippen molar-refractivity contribution in [1.29, 1.82) is 0 Å². The van der Waals surface area contributed by atoms with Gasteiger partial charge in [0.25, 0.3) is 5.91 Å². The Balaban J connectivity index is 1.71. The Labute approximate surface area is 155 Å². The number of hydrogen-bond acceptors (Lipinski definition) is 4. The summed E-state index contributed by atoms with van der Waals surface area (Å²) in [5, 5.41) is 0.395. The van der Waals surface area contributed by atoms with Crippen LogP contribution in [0.25, 0.3) is 0 Å². The van der Waals surface area contributed by atoms with Crippen LogP contribution in [0.1, 0.15) is 10.5 Å². The highest BCUT2D eigenvalue weighted by Gasteiger charge is 2.31. The van der Waals surface area contributed by atoms with E-state index < -0.39 is 10.0 Å². The fourth-order valence-electron chi connectivity index (χ4n) is 2.63. The molecule has 3 heterocycles. The minimum atomic E-state index is -3.56. The summed E-state index contributed by atoms with van der Waals surface area (Å²) >= 11 is 11.8. The minimum absolute atomic E-state index is 0.0773. The Kier molecular flexibility index (Phi) is 5.06. The van der Waals surface area contributed by atoms with Crippen LogP contribution >= 0.6 is 23.2 Å². The van der Waals surface area contributed by atoms with Crippen molar-refractivity contribution in [3.8, 4) is 0 Å². The molecule has 0 spiro atoms. The van der Waals surface area contributed by atoms with Crippen molar-refractivity contribution < 1.29 is 13.2 Å². The summed E-state index contributed by atoms with van der Waals surface area (Å²) in [5.74, 6) is -0.357. The topological polar surface area (TPSA) is 75.5 Å². The number of nitrogens with zero attached hydrogens (tertiary/aromatic N) is 4. The lowest BCUT2D eigenvalue weighted by atomic mass is 10.3. The van der Waals surface area contributed by atoms with E-state index in [0.29, 0.717) is 0 Å². The number of carbonyl (C=O) groups excluding carboxylic acids is 1. The number of pyridine rings is 1. The molecule has 2 aromatic rings. The number of aromatic nitrogens is 2. The molecule has 0 bridgehead atoms. The maximum atomic E-state index is 12.6. The predicted molar refractivity (Wildman–Crippen MR) is 94.3 cm³/mol. The molecule has 1 amide bonds. The standard InChI is InChI=1S/C15H16Cl2N4O3S/c1-19-5-4-11(10-19)25(23,24)21-8-6-20(7-9-21)15(22)14-12(16)2-3-13(17)18-14/h2-5,10H,6-9H2,1H3. The van der Waals surface area contributed by atoms with Crippen molar-refractivity contribution in [3.63, 3.8) is 0 Å². The molecule has 0 N–H and O–H groups in total. The summed E-state index contributed by atoms with van der Waals surface area (Å²) < 4.78 is 28.3. The smallest absolute Gasteiger partial charge is 0.274 e. The van der Waals surface area contributed by atoms with Gasteiger partial charge in [-0.15, -0.1) is 0 Å². The van der Waals surface area contributed by atoms with E-state index in [2.05, 4.69) is 4.98 Å². The first kappa shape index (κ1) is 18.2. The summed E-state index contributed by atoms with van der Waals surface area (Å²) in [7, 11) is -1.80. The largest absolute Gasteiger partial charge is 0.356 e. The zero-order valence-corrected chi connectivity index (χ0v) is 15.7. The summed E-state index contributed by atoms with van der Waals surface area (Å²) in [5.41, 5.74) is 0.0773. The van der Waals surface area contributed by atoms with Gasteiger partial charge in [-0.3, -0.25) is 4.79 Å². The predicted octanol–water partition coefficient (Wildman–Crippen LogP) is 1.87. The number of halogens is 2. The third kappa shape index (κ3) is 3.67. The maximum Gasteiger partial charge on any atom is 0.274 e. The summed E-state index contributed by atoms with van der Waals surface area (Å²) in [6.07, 6.45) is 3.24. The molecule has 1 aliphatic rings. The second kappa shape index (κ2) is 6.95. The Hall–Kier alpha value is -1.61. The van der Waals surface area contributed by atoms with E-state index in [1.165, 1.54) is 21.3 Å². The Morgan fingerprint density at radius 1 is 1.12 bits per heavy atom. The third-order valence-electron chi connectivity index (χ3n) is 3.98. The lowest BCUT2D eigenvalue weighted by Gasteiger charge is -2.33. The normalized spacial score (nSPS) is 16.2. The molecular weight excluding hydrogens is 387 g/mol. The molecule has 2 aromatic heterocycles. The molecule has 25 heavy (non-hydrogen) atoms.